The summed E-state index contributed by atoms with van der Waals surface area (Å²) in [6, 6.07) is 33.0. The molecule has 6 aliphatic rings. The molecule has 0 atom stereocenters. The number of fused-ring (bicyclic) bond motifs is 4. The van der Waals surface area contributed by atoms with Crippen molar-refractivity contribution in [1.29, 1.82) is 0 Å². The molecule has 0 unspecified atom stereocenters. The van der Waals surface area contributed by atoms with E-state index in [2.05, 4.69) is 111 Å². The number of rotatable bonds is 12. The van der Waals surface area contributed by atoms with Gasteiger partial charge in [-0.25, -0.2) is 0 Å². The Bertz CT molecular complexity index is 2900. The van der Waals surface area contributed by atoms with Gasteiger partial charge in [-0.1, -0.05) is 52.8 Å². The van der Waals surface area contributed by atoms with Gasteiger partial charge < -0.3 is 37.7 Å². The highest BCUT2D eigenvalue weighted by atomic mass is 35.5. The van der Waals surface area contributed by atoms with Crippen LogP contribution in [0, 0.1) is 10.8 Å². The molecule has 13 heteroatoms. The molecule has 69 heavy (non-hydrogen) atoms. The van der Waals surface area contributed by atoms with E-state index in [0.717, 1.165) is 84.5 Å². The van der Waals surface area contributed by atoms with Crippen molar-refractivity contribution in [2.24, 2.45) is 10.8 Å². The van der Waals surface area contributed by atoms with E-state index in [1.807, 2.05) is 48.5 Å². The average molecular weight is 1010 g/mol. The molecule has 362 valence electrons. The normalized spacial score (nSPS) is 19.2. The standard InChI is InChI=1S/C16H19ClN2.C15H17ClN2O.C13H15ClN2.C12H13ClN2/c17-14-2-3-15-13(10-14)4-7-19(15)9-8-18-11-16(12-18)5-1-6-16;16-13-1-2-14-12(7-13)3-4-18(14)6-5-17-8-15(9-17)10-19-11-15;14-12-2-3-13-11(10-12)4-7-16(13)9-8-15-5-1-6-15;13-11-1-2-12-10(9-11)3-4-15(12)8-7-14-5-6-14/h2-4,7,10H,1,5-6,8-9,11-12H2;1-4,7H,5-6,8-11H2;2-4,7,10H,1,5-6,8-9H2;1-4,9H,5-8H2. The van der Waals surface area contributed by atoms with Gasteiger partial charge in [0.25, 0.3) is 0 Å². The quantitative estimate of drug-likeness (QED) is 0.114. The molecule has 4 aromatic heterocycles. The Morgan fingerprint density at radius 2 is 0.696 bits per heavy atom. The molecular weight excluding hydrogens is 942 g/mol. The number of aromatic nitrogens is 4. The van der Waals surface area contributed by atoms with E-state index in [0.29, 0.717) is 5.41 Å². The van der Waals surface area contributed by atoms with E-state index in [9.17, 15) is 0 Å². The van der Waals surface area contributed by atoms with Crippen LogP contribution in [0.2, 0.25) is 20.1 Å². The summed E-state index contributed by atoms with van der Waals surface area (Å²) in [6.07, 6.45) is 14.4. The number of hydrogen-bond acceptors (Lipinski definition) is 5. The summed E-state index contributed by atoms with van der Waals surface area (Å²) < 4.78 is 14.6. The fourth-order valence-electron chi connectivity index (χ4n) is 11.0. The fourth-order valence-corrected chi connectivity index (χ4v) is 11.8. The van der Waals surface area contributed by atoms with Gasteiger partial charge >= 0.3 is 0 Å². The zero-order valence-electron chi connectivity index (χ0n) is 39.6. The van der Waals surface area contributed by atoms with Crippen molar-refractivity contribution in [3.63, 3.8) is 0 Å². The first kappa shape index (κ1) is 47.3. The Labute approximate surface area is 426 Å². The molecule has 6 fully saturated rings. The zero-order chi connectivity index (χ0) is 47.0. The van der Waals surface area contributed by atoms with Crippen LogP contribution >= 0.6 is 46.4 Å². The van der Waals surface area contributed by atoms with Crippen LogP contribution in [0.4, 0.5) is 0 Å². The molecular formula is C56H64Cl4N8O. The summed E-state index contributed by atoms with van der Waals surface area (Å²) in [5, 5.41) is 8.18. The zero-order valence-corrected chi connectivity index (χ0v) is 42.6. The van der Waals surface area contributed by atoms with E-state index in [1.165, 1.54) is 128 Å². The second-order valence-corrected chi connectivity index (χ2v) is 22.4. The van der Waals surface area contributed by atoms with Crippen molar-refractivity contribution in [2.45, 2.75) is 51.9 Å². The van der Waals surface area contributed by atoms with Crippen LogP contribution in [0.15, 0.2) is 122 Å². The van der Waals surface area contributed by atoms with E-state index >= 15 is 0 Å². The van der Waals surface area contributed by atoms with Gasteiger partial charge in [-0.2, -0.15) is 0 Å². The molecule has 9 heterocycles. The molecule has 14 rings (SSSR count). The number of nitrogens with zero attached hydrogens (tertiary/aromatic N) is 8. The average Bonchev–Trinajstić information content (AvgIpc) is 3.52. The number of ether oxygens (including phenoxy) is 1. The molecule has 0 radical (unpaired) electrons. The summed E-state index contributed by atoms with van der Waals surface area (Å²) >= 11 is 24.0. The predicted octanol–water partition coefficient (Wildman–Crippen LogP) is 12.0. The first-order chi connectivity index (χ1) is 33.6. The molecule has 1 aliphatic carbocycles. The van der Waals surface area contributed by atoms with Crippen molar-refractivity contribution in [3.05, 3.63) is 142 Å². The fraction of sp³-hybridized carbons (Fsp3) is 0.429. The number of benzene rings is 4. The van der Waals surface area contributed by atoms with Gasteiger partial charge in [0, 0.05) is 186 Å². The molecule has 5 saturated heterocycles. The van der Waals surface area contributed by atoms with Crippen LogP contribution in [-0.4, -0.2) is 130 Å². The first-order valence-electron chi connectivity index (χ1n) is 25.1. The van der Waals surface area contributed by atoms with Crippen LogP contribution in [0.5, 0.6) is 0 Å². The van der Waals surface area contributed by atoms with Crippen molar-refractivity contribution >= 4 is 90.0 Å². The van der Waals surface area contributed by atoms with Gasteiger partial charge in [0.2, 0.25) is 0 Å². The lowest BCUT2D eigenvalue weighted by atomic mass is 9.63. The van der Waals surface area contributed by atoms with Gasteiger partial charge in [-0.05, 0) is 135 Å². The van der Waals surface area contributed by atoms with Crippen molar-refractivity contribution in [3.8, 4) is 0 Å². The Balaban J connectivity index is 0.000000101. The third kappa shape index (κ3) is 11.1. The molecule has 0 N–H and O–H groups in total. The third-order valence-corrected chi connectivity index (χ3v) is 16.5. The second-order valence-electron chi connectivity index (χ2n) is 20.7. The smallest absolute Gasteiger partial charge is 0.0569 e. The van der Waals surface area contributed by atoms with Gasteiger partial charge in [0.15, 0.2) is 0 Å². The van der Waals surface area contributed by atoms with Crippen LogP contribution in [0.25, 0.3) is 43.6 Å². The van der Waals surface area contributed by atoms with Crippen molar-refractivity contribution in [1.82, 2.24) is 37.9 Å². The predicted molar refractivity (Wildman–Crippen MR) is 288 cm³/mol. The summed E-state index contributed by atoms with van der Waals surface area (Å²) in [6.45, 7) is 21.0. The van der Waals surface area contributed by atoms with E-state index in [-0.39, 0.29) is 0 Å². The molecule has 0 bridgehead atoms. The SMILES string of the molecule is Clc1ccc2c(ccn2CCN2CC2)c1.Clc1ccc2c(ccn2CCN2CC3(CCC3)C2)c1.Clc1ccc2c(ccn2CCN2CC3(COC3)C2)c1.Clc1ccc2c(ccn2CCN2CCC2)c1. The number of halogens is 4. The number of hydrogen-bond donors (Lipinski definition) is 0. The molecule has 2 spiro atoms. The van der Waals surface area contributed by atoms with Crippen LogP contribution in [0.1, 0.15) is 25.7 Å². The molecule has 4 aromatic carbocycles. The van der Waals surface area contributed by atoms with Gasteiger partial charge in [0.05, 0.1) is 13.2 Å². The Morgan fingerprint density at radius 3 is 0.971 bits per heavy atom. The Kier molecular flexibility index (Phi) is 14.1. The van der Waals surface area contributed by atoms with Crippen LogP contribution < -0.4 is 0 Å². The van der Waals surface area contributed by atoms with Gasteiger partial charge in [-0.3, -0.25) is 4.90 Å². The Morgan fingerprint density at radius 1 is 0.362 bits per heavy atom. The lowest BCUT2D eigenvalue weighted by Gasteiger charge is -2.56. The molecule has 5 aliphatic heterocycles. The third-order valence-electron chi connectivity index (χ3n) is 15.5. The minimum absolute atomic E-state index is 0.520. The summed E-state index contributed by atoms with van der Waals surface area (Å²) in [4.78, 5) is 10.0. The monoisotopic (exact) mass is 1000 g/mol. The lowest BCUT2D eigenvalue weighted by molar-refractivity contribution is -0.189. The molecule has 1 saturated carbocycles. The van der Waals surface area contributed by atoms with E-state index in [4.69, 9.17) is 51.1 Å². The Hall–Kier alpha value is -4.00. The summed E-state index contributed by atoms with van der Waals surface area (Å²) in [7, 11) is 0. The summed E-state index contributed by atoms with van der Waals surface area (Å²) in [5.74, 6) is 0. The van der Waals surface area contributed by atoms with E-state index in [1.54, 1.807) is 0 Å². The maximum atomic E-state index is 6.02. The van der Waals surface area contributed by atoms with Crippen molar-refractivity contribution < 1.29 is 4.74 Å². The van der Waals surface area contributed by atoms with Crippen LogP contribution in [0.3, 0.4) is 0 Å². The topological polar surface area (TPSA) is 41.7 Å². The largest absolute Gasteiger partial charge is 0.380 e. The minimum atomic E-state index is 0.520. The maximum Gasteiger partial charge on any atom is 0.0569 e. The molecule has 0 amide bonds. The van der Waals surface area contributed by atoms with Gasteiger partial charge in [0.1, 0.15) is 0 Å². The highest BCUT2D eigenvalue weighted by Crippen LogP contribution is 2.48. The van der Waals surface area contributed by atoms with Gasteiger partial charge in [-0.15, -0.1) is 0 Å². The second kappa shape index (κ2) is 20.6. The lowest BCUT2D eigenvalue weighted by Crippen LogP contribution is -2.66. The molecule has 9 nitrogen and oxygen atoms in total. The highest BCUT2D eigenvalue weighted by Gasteiger charge is 2.48. The highest BCUT2D eigenvalue weighted by molar-refractivity contribution is 6.32. The summed E-state index contributed by atoms with van der Waals surface area (Å²) in [5.41, 5.74) is 6.39. The van der Waals surface area contributed by atoms with Crippen molar-refractivity contribution in [2.75, 3.05) is 91.8 Å². The van der Waals surface area contributed by atoms with E-state index < -0.39 is 0 Å². The number of likely N-dealkylation sites (tertiary alicyclic amines) is 3. The first-order valence-corrected chi connectivity index (χ1v) is 26.6. The molecule has 8 aromatic rings. The van der Waals surface area contributed by atoms with Crippen LogP contribution in [-0.2, 0) is 30.9 Å². The minimum Gasteiger partial charge on any atom is -0.380 e. The maximum absolute atomic E-state index is 6.02.